The van der Waals surface area contributed by atoms with Gasteiger partial charge in [-0.2, -0.15) is 0 Å². The molecule has 2 rings (SSSR count). The molecule has 0 bridgehead atoms. The van der Waals surface area contributed by atoms with Crippen molar-refractivity contribution in [1.82, 2.24) is 4.98 Å². The molecule has 1 heterocycles. The van der Waals surface area contributed by atoms with Gasteiger partial charge in [-0.1, -0.05) is 31.9 Å². The third kappa shape index (κ3) is 2.28. The lowest BCUT2D eigenvalue weighted by molar-refractivity contribution is 0.0594. The van der Waals surface area contributed by atoms with Gasteiger partial charge < -0.3 is 9.72 Å². The zero-order valence-electron chi connectivity index (χ0n) is 8.71. The van der Waals surface area contributed by atoms with Crippen LogP contribution >= 0.6 is 31.9 Å². The van der Waals surface area contributed by atoms with Crippen LogP contribution in [0, 0.1) is 0 Å². The summed E-state index contributed by atoms with van der Waals surface area (Å²) in [7, 11) is 1.27. The SMILES string of the molecule is COC(=O)c1cc2c(Br)cc(Br)cc2c(=O)[nH]1. The van der Waals surface area contributed by atoms with Gasteiger partial charge in [-0.05, 0) is 18.2 Å². The Labute approximate surface area is 113 Å². The number of hydrogen-bond donors (Lipinski definition) is 1. The summed E-state index contributed by atoms with van der Waals surface area (Å²) in [5.41, 5.74) is -0.196. The minimum Gasteiger partial charge on any atom is -0.464 e. The average Bonchev–Trinajstić information content (AvgIpc) is 2.29. The monoisotopic (exact) mass is 359 g/mol. The number of hydrogen-bond acceptors (Lipinski definition) is 3. The molecule has 17 heavy (non-hydrogen) atoms. The third-order valence-corrected chi connectivity index (χ3v) is 3.40. The number of carbonyl (C=O) groups excluding carboxylic acids is 1. The van der Waals surface area contributed by atoms with Gasteiger partial charge in [-0.25, -0.2) is 4.79 Å². The van der Waals surface area contributed by atoms with E-state index in [4.69, 9.17) is 0 Å². The molecule has 0 amide bonds. The maximum Gasteiger partial charge on any atom is 0.354 e. The van der Waals surface area contributed by atoms with Crippen LogP contribution in [-0.2, 0) is 4.74 Å². The number of ether oxygens (including phenoxy) is 1. The number of rotatable bonds is 1. The van der Waals surface area contributed by atoms with Crippen molar-refractivity contribution in [2.75, 3.05) is 7.11 Å². The molecule has 1 aromatic heterocycles. The molecule has 0 aliphatic rings. The van der Waals surface area contributed by atoms with Crippen LogP contribution < -0.4 is 5.56 Å². The Balaban J connectivity index is 2.82. The highest BCUT2D eigenvalue weighted by Crippen LogP contribution is 2.26. The van der Waals surface area contributed by atoms with Crippen molar-refractivity contribution in [2.45, 2.75) is 0 Å². The summed E-state index contributed by atoms with van der Waals surface area (Å²) in [6, 6.07) is 5.09. The minimum absolute atomic E-state index is 0.132. The number of nitrogens with one attached hydrogen (secondary N) is 1. The van der Waals surface area contributed by atoms with Gasteiger partial charge in [-0.15, -0.1) is 0 Å². The van der Waals surface area contributed by atoms with Crippen molar-refractivity contribution in [3.05, 3.63) is 43.2 Å². The maximum atomic E-state index is 11.8. The van der Waals surface area contributed by atoms with Crippen molar-refractivity contribution in [3.8, 4) is 0 Å². The molecule has 2 aromatic rings. The largest absolute Gasteiger partial charge is 0.464 e. The van der Waals surface area contributed by atoms with Crippen LogP contribution in [0.1, 0.15) is 10.5 Å². The first-order chi connectivity index (χ1) is 8.02. The van der Waals surface area contributed by atoms with Crippen LogP contribution in [0.4, 0.5) is 0 Å². The quantitative estimate of drug-likeness (QED) is 0.795. The van der Waals surface area contributed by atoms with Gasteiger partial charge in [-0.3, -0.25) is 4.79 Å². The van der Waals surface area contributed by atoms with Gasteiger partial charge in [0.25, 0.3) is 5.56 Å². The molecule has 0 spiro atoms. The minimum atomic E-state index is -0.571. The first-order valence-corrected chi connectivity index (χ1v) is 6.22. The molecule has 1 aromatic carbocycles. The van der Waals surface area contributed by atoms with Crippen LogP contribution in [0.3, 0.4) is 0 Å². The third-order valence-electron chi connectivity index (χ3n) is 2.28. The number of fused-ring (bicyclic) bond motifs is 1. The van der Waals surface area contributed by atoms with Crippen molar-refractivity contribution in [2.24, 2.45) is 0 Å². The summed E-state index contributed by atoms with van der Waals surface area (Å²) in [5, 5.41) is 1.16. The fourth-order valence-electron chi connectivity index (χ4n) is 1.51. The van der Waals surface area contributed by atoms with Crippen molar-refractivity contribution in [1.29, 1.82) is 0 Å². The first-order valence-electron chi connectivity index (χ1n) is 4.63. The Morgan fingerprint density at radius 3 is 2.59 bits per heavy atom. The van der Waals surface area contributed by atoms with E-state index in [-0.39, 0.29) is 11.3 Å². The lowest BCUT2D eigenvalue weighted by atomic mass is 10.1. The fraction of sp³-hybridized carbons (Fsp3) is 0.0909. The summed E-state index contributed by atoms with van der Waals surface area (Å²) in [6.45, 7) is 0. The molecule has 88 valence electrons. The van der Waals surface area contributed by atoms with E-state index in [1.807, 2.05) is 6.07 Å². The van der Waals surface area contributed by atoms with Crippen molar-refractivity contribution >= 4 is 48.6 Å². The second kappa shape index (κ2) is 4.62. The molecule has 0 fully saturated rings. The number of H-pyrrole nitrogens is 1. The van der Waals surface area contributed by atoms with Gasteiger partial charge in [0.1, 0.15) is 5.69 Å². The Kier molecular flexibility index (Phi) is 3.35. The smallest absolute Gasteiger partial charge is 0.354 e. The van der Waals surface area contributed by atoms with E-state index in [0.717, 1.165) is 8.95 Å². The van der Waals surface area contributed by atoms with Crippen LogP contribution in [0.5, 0.6) is 0 Å². The summed E-state index contributed by atoms with van der Waals surface area (Å²) >= 11 is 6.66. The fourth-order valence-corrected chi connectivity index (χ4v) is 2.85. The molecule has 0 unspecified atom stereocenters. The second-order valence-electron chi connectivity index (χ2n) is 3.35. The highest BCUT2D eigenvalue weighted by molar-refractivity contribution is 9.11. The zero-order valence-corrected chi connectivity index (χ0v) is 11.9. The molecule has 6 heteroatoms. The number of aromatic nitrogens is 1. The molecule has 0 aliphatic heterocycles. The van der Waals surface area contributed by atoms with Crippen LogP contribution in [0.15, 0.2) is 31.9 Å². The van der Waals surface area contributed by atoms with Gasteiger partial charge in [0.05, 0.1) is 7.11 Å². The number of aromatic amines is 1. The van der Waals surface area contributed by atoms with Crippen molar-refractivity contribution in [3.63, 3.8) is 0 Å². The van der Waals surface area contributed by atoms with E-state index in [2.05, 4.69) is 41.6 Å². The maximum absolute atomic E-state index is 11.8. The highest BCUT2D eigenvalue weighted by Gasteiger charge is 2.11. The van der Waals surface area contributed by atoms with E-state index in [0.29, 0.717) is 10.8 Å². The van der Waals surface area contributed by atoms with Gasteiger partial charge >= 0.3 is 5.97 Å². The Hall–Kier alpha value is -1.14. The molecule has 0 saturated carbocycles. The number of carbonyl (C=O) groups is 1. The summed E-state index contributed by atoms with van der Waals surface area (Å²) in [5.74, 6) is -0.571. The zero-order chi connectivity index (χ0) is 12.6. The molecule has 0 saturated heterocycles. The molecular formula is C11H7Br2NO3. The van der Waals surface area contributed by atoms with E-state index < -0.39 is 5.97 Å². The summed E-state index contributed by atoms with van der Waals surface area (Å²) in [4.78, 5) is 25.7. The molecular weight excluding hydrogens is 354 g/mol. The lowest BCUT2D eigenvalue weighted by Crippen LogP contribution is -2.14. The molecule has 1 N–H and O–H groups in total. The first kappa shape index (κ1) is 12.3. The second-order valence-corrected chi connectivity index (χ2v) is 5.12. The van der Waals surface area contributed by atoms with Crippen LogP contribution in [0.25, 0.3) is 10.8 Å². The number of esters is 1. The van der Waals surface area contributed by atoms with E-state index in [9.17, 15) is 9.59 Å². The van der Waals surface area contributed by atoms with E-state index >= 15 is 0 Å². The predicted molar refractivity (Wildman–Crippen MR) is 71.3 cm³/mol. The lowest BCUT2D eigenvalue weighted by Gasteiger charge is -2.04. The van der Waals surface area contributed by atoms with E-state index in [1.54, 1.807) is 12.1 Å². The van der Waals surface area contributed by atoms with Crippen LogP contribution in [0.2, 0.25) is 0 Å². The summed E-state index contributed by atoms with van der Waals surface area (Å²) < 4.78 is 6.09. The highest BCUT2D eigenvalue weighted by atomic mass is 79.9. The topological polar surface area (TPSA) is 59.2 Å². The summed E-state index contributed by atoms with van der Waals surface area (Å²) in [6.07, 6.45) is 0. The van der Waals surface area contributed by atoms with Crippen LogP contribution in [-0.4, -0.2) is 18.1 Å². The molecule has 0 radical (unpaired) electrons. The molecule has 0 atom stereocenters. The Bertz CT molecular complexity index is 664. The number of halogens is 2. The van der Waals surface area contributed by atoms with E-state index in [1.165, 1.54) is 7.11 Å². The average molecular weight is 361 g/mol. The number of benzene rings is 1. The normalized spacial score (nSPS) is 10.5. The van der Waals surface area contributed by atoms with Gasteiger partial charge in [0.15, 0.2) is 0 Å². The van der Waals surface area contributed by atoms with Crippen molar-refractivity contribution < 1.29 is 9.53 Å². The Morgan fingerprint density at radius 1 is 1.24 bits per heavy atom. The standard InChI is InChI=1S/C11H7Br2NO3/c1-17-11(16)9-4-6-7(10(15)14-9)2-5(12)3-8(6)13/h2-4H,1H3,(H,14,15). The number of methoxy groups -OCH3 is 1. The molecule has 0 aliphatic carbocycles. The predicted octanol–water partition coefficient (Wildman–Crippen LogP) is 2.84. The van der Waals surface area contributed by atoms with Gasteiger partial charge in [0.2, 0.25) is 0 Å². The Morgan fingerprint density at radius 2 is 1.94 bits per heavy atom. The van der Waals surface area contributed by atoms with Gasteiger partial charge in [0, 0.05) is 19.7 Å². The number of pyridine rings is 1. The molecule has 4 nitrogen and oxygen atoms in total.